The summed E-state index contributed by atoms with van der Waals surface area (Å²) in [6, 6.07) is 0. The molecule has 0 bridgehead atoms. The third-order valence-corrected chi connectivity index (χ3v) is 19.8. The Kier molecular flexibility index (Phi) is 17.4. The molecule has 0 spiro atoms. The van der Waals surface area contributed by atoms with Gasteiger partial charge in [0.15, 0.2) is 25.2 Å². The number of hydrogen-bond donors (Lipinski definition) is 13. The first kappa shape index (κ1) is 58.1. The minimum absolute atomic E-state index is 0.0278. The molecule has 4 saturated heterocycles. The molecular formula is C52H88O21. The van der Waals surface area contributed by atoms with Gasteiger partial charge in [0, 0.05) is 17.3 Å². The summed E-state index contributed by atoms with van der Waals surface area (Å²) in [5, 5.41) is 140. The van der Waals surface area contributed by atoms with Gasteiger partial charge >= 0.3 is 0 Å². The Morgan fingerprint density at radius 3 is 1.97 bits per heavy atom. The standard InChI is InChI=1S/C52H88O21/c1-23(9-13-35(49(4,5)65)72-47-43(36(58)29(56)21-67-47)73-46-42(64)39(61)37(59)30(19-53)69-46)25-15-16-50(6)32-12-10-26-27(52(32,8)33(57)18-51(25,50)7)11-14-34(48(26,2)3)71-45-41(63)40(62)38(60)31(70-45)22-68-44-28(55)17-24(54)20-66-44/h10,23-25,27-47,53-65H,9,11-22H2,1-8H3/t23-,24+,25-,27-,28-,29-,30+,31-,32+,33-,34+,35?,36+,37+,38-,39-,40+,41-,42+,43-,44+,45+,46-,47+,50+,51-,52+/m1/s1. The van der Waals surface area contributed by atoms with Gasteiger partial charge in [-0.1, -0.05) is 53.2 Å². The molecule has 27 atom stereocenters. The molecule has 0 radical (unpaired) electrons. The molecule has 13 N–H and O–H groups in total. The van der Waals surface area contributed by atoms with Crippen molar-refractivity contribution in [2.75, 3.05) is 26.4 Å². The zero-order chi connectivity index (χ0) is 53.5. The van der Waals surface area contributed by atoms with Crippen molar-refractivity contribution in [3.8, 4) is 0 Å². The second-order valence-corrected chi connectivity index (χ2v) is 24.9. The molecule has 4 aliphatic carbocycles. The summed E-state index contributed by atoms with van der Waals surface area (Å²) in [7, 11) is 0. The second-order valence-electron chi connectivity index (χ2n) is 24.9. The molecule has 0 aromatic carbocycles. The molecule has 4 aliphatic heterocycles. The molecule has 8 rings (SSSR count). The molecule has 21 nitrogen and oxygen atoms in total. The first-order valence-electron chi connectivity index (χ1n) is 26.7. The Morgan fingerprint density at radius 2 is 1.33 bits per heavy atom. The quantitative estimate of drug-likeness (QED) is 0.0882. The van der Waals surface area contributed by atoms with Gasteiger partial charge in [-0.05, 0) is 99.7 Å². The highest BCUT2D eigenvalue weighted by atomic mass is 16.8. The lowest BCUT2D eigenvalue weighted by Crippen LogP contribution is -2.65. The van der Waals surface area contributed by atoms with E-state index in [1.807, 2.05) is 0 Å². The van der Waals surface area contributed by atoms with Gasteiger partial charge in [-0.15, -0.1) is 0 Å². The van der Waals surface area contributed by atoms with Crippen molar-refractivity contribution in [1.82, 2.24) is 0 Å². The van der Waals surface area contributed by atoms with Crippen molar-refractivity contribution in [2.45, 2.75) is 242 Å². The monoisotopic (exact) mass is 1050 g/mol. The zero-order valence-corrected chi connectivity index (χ0v) is 43.7. The van der Waals surface area contributed by atoms with E-state index in [-0.39, 0.29) is 60.7 Å². The van der Waals surface area contributed by atoms with E-state index in [9.17, 15) is 66.4 Å². The van der Waals surface area contributed by atoms with Crippen LogP contribution in [0.25, 0.3) is 0 Å². The van der Waals surface area contributed by atoms with Crippen LogP contribution in [0.5, 0.6) is 0 Å². The van der Waals surface area contributed by atoms with E-state index in [4.69, 9.17) is 37.9 Å². The summed E-state index contributed by atoms with van der Waals surface area (Å²) in [6.07, 6.45) is -18.2. The highest BCUT2D eigenvalue weighted by Crippen LogP contribution is 2.75. The fourth-order valence-corrected chi connectivity index (χ4v) is 15.1. The minimum Gasteiger partial charge on any atom is -0.394 e. The highest BCUT2D eigenvalue weighted by Gasteiger charge is 2.70. The topological polar surface area (TPSA) is 337 Å². The third-order valence-electron chi connectivity index (χ3n) is 19.8. The van der Waals surface area contributed by atoms with Gasteiger partial charge < -0.3 is 104 Å². The molecule has 7 fully saturated rings. The van der Waals surface area contributed by atoms with Crippen LogP contribution >= 0.6 is 0 Å². The van der Waals surface area contributed by atoms with Crippen LogP contribution in [0.4, 0.5) is 0 Å². The SMILES string of the molecule is C[C@H](CCC(O[C@@H]1OC[C@@H](O)[C@H](O)[C@H]1O[C@H]1O[C@@H](CO)[C@H](O)[C@@H](O)[C@@H]1O)C(C)(C)O)[C@H]1CC[C@@]2(C)[C@@H]3CC=C4[C@@H](CC[C@H](O[C@@H]5O[C@H](CO[C@@H]6OC[C@@H](O)C[C@H]6O)[C@@H](O)[C@H](O)[C@H]5O)C4(C)C)[C@]3(C)[C@H](O)C[C@]12C. The van der Waals surface area contributed by atoms with Crippen LogP contribution in [0.1, 0.15) is 113 Å². The van der Waals surface area contributed by atoms with Gasteiger partial charge in [-0.3, -0.25) is 0 Å². The van der Waals surface area contributed by atoms with Crippen LogP contribution in [0.3, 0.4) is 0 Å². The summed E-state index contributed by atoms with van der Waals surface area (Å²) in [6.45, 7) is 15.3. The zero-order valence-electron chi connectivity index (χ0n) is 43.7. The van der Waals surface area contributed by atoms with Crippen LogP contribution < -0.4 is 0 Å². The number of allylic oxidation sites excluding steroid dienone is 1. The average Bonchev–Trinajstić information content (AvgIpc) is 3.59. The van der Waals surface area contributed by atoms with E-state index in [0.29, 0.717) is 32.1 Å². The van der Waals surface area contributed by atoms with E-state index >= 15 is 0 Å². The number of hydrogen-bond acceptors (Lipinski definition) is 21. The Hall–Kier alpha value is -1.10. The van der Waals surface area contributed by atoms with Gasteiger partial charge in [0.1, 0.15) is 73.2 Å². The molecule has 1 unspecified atom stereocenters. The van der Waals surface area contributed by atoms with Crippen molar-refractivity contribution >= 4 is 0 Å². The fraction of sp³-hybridized carbons (Fsp3) is 0.962. The number of fused-ring (bicyclic) bond motifs is 5. The summed E-state index contributed by atoms with van der Waals surface area (Å²) in [5.41, 5.74) is -1.72. The maximum Gasteiger partial charge on any atom is 0.187 e. The maximum atomic E-state index is 12.7. The van der Waals surface area contributed by atoms with Gasteiger partial charge in [0.05, 0.1) is 56.4 Å². The van der Waals surface area contributed by atoms with Crippen molar-refractivity contribution in [3.63, 3.8) is 0 Å². The largest absolute Gasteiger partial charge is 0.394 e. The van der Waals surface area contributed by atoms with Crippen molar-refractivity contribution < 1.29 is 104 Å². The van der Waals surface area contributed by atoms with E-state index < -0.39 is 146 Å². The van der Waals surface area contributed by atoms with Crippen molar-refractivity contribution in [3.05, 3.63) is 11.6 Å². The van der Waals surface area contributed by atoms with Crippen LogP contribution in [0, 0.1) is 45.3 Å². The summed E-state index contributed by atoms with van der Waals surface area (Å²) in [4.78, 5) is 0. The van der Waals surface area contributed by atoms with Crippen LogP contribution in [0.15, 0.2) is 11.6 Å². The van der Waals surface area contributed by atoms with Crippen LogP contribution in [-0.4, -0.2) is 221 Å². The van der Waals surface area contributed by atoms with Crippen molar-refractivity contribution in [2.24, 2.45) is 45.3 Å². The molecule has 3 saturated carbocycles. The molecule has 0 amide bonds. The molecule has 0 aromatic rings. The molecule has 73 heavy (non-hydrogen) atoms. The minimum atomic E-state index is -1.79. The normalized spacial score (nSPS) is 51.1. The van der Waals surface area contributed by atoms with Crippen molar-refractivity contribution in [1.29, 1.82) is 0 Å². The van der Waals surface area contributed by atoms with E-state index in [1.165, 1.54) is 5.57 Å². The lowest BCUT2D eigenvalue weighted by Gasteiger charge is -2.67. The molecule has 21 heteroatoms. The van der Waals surface area contributed by atoms with Crippen LogP contribution in [0.2, 0.25) is 0 Å². The average molecular weight is 1050 g/mol. The van der Waals surface area contributed by atoms with E-state index in [0.717, 1.165) is 19.3 Å². The van der Waals surface area contributed by atoms with Crippen LogP contribution in [-0.2, 0) is 37.9 Å². The second kappa shape index (κ2) is 21.9. The number of aliphatic hydroxyl groups excluding tert-OH is 12. The lowest BCUT2D eigenvalue weighted by atomic mass is 9.38. The van der Waals surface area contributed by atoms with Gasteiger partial charge in [-0.2, -0.15) is 0 Å². The number of rotatable bonds is 15. The molecular weight excluding hydrogens is 961 g/mol. The molecule has 0 aromatic heterocycles. The first-order valence-corrected chi connectivity index (χ1v) is 26.7. The Balaban J connectivity index is 0.931. The lowest BCUT2D eigenvalue weighted by molar-refractivity contribution is -0.364. The van der Waals surface area contributed by atoms with Gasteiger partial charge in [-0.25, -0.2) is 0 Å². The Bertz CT molecular complexity index is 1880. The van der Waals surface area contributed by atoms with E-state index in [2.05, 4.69) is 47.6 Å². The fourth-order valence-electron chi connectivity index (χ4n) is 15.1. The van der Waals surface area contributed by atoms with E-state index in [1.54, 1.807) is 13.8 Å². The maximum absolute atomic E-state index is 12.7. The summed E-state index contributed by atoms with van der Waals surface area (Å²) >= 11 is 0. The predicted octanol–water partition coefficient (Wildman–Crippen LogP) is -0.924. The Morgan fingerprint density at radius 1 is 0.699 bits per heavy atom. The molecule has 422 valence electrons. The first-order chi connectivity index (χ1) is 34.1. The van der Waals surface area contributed by atoms with Gasteiger partial charge in [0.25, 0.3) is 0 Å². The van der Waals surface area contributed by atoms with Gasteiger partial charge in [0.2, 0.25) is 0 Å². The summed E-state index contributed by atoms with van der Waals surface area (Å²) in [5.74, 6) is 0.485. The third kappa shape index (κ3) is 10.5. The summed E-state index contributed by atoms with van der Waals surface area (Å²) < 4.78 is 47.5. The molecule has 8 aliphatic rings. The Labute approximate surface area is 428 Å². The number of aliphatic hydroxyl groups is 13. The predicted molar refractivity (Wildman–Crippen MR) is 254 cm³/mol. The molecule has 4 heterocycles. The highest BCUT2D eigenvalue weighted by molar-refractivity contribution is 5.32. The smallest absolute Gasteiger partial charge is 0.187 e. The number of ether oxygens (including phenoxy) is 8.